The fraction of sp³-hybridized carbons (Fsp3) is 0.211. The van der Waals surface area contributed by atoms with E-state index < -0.39 is 0 Å². The molecule has 0 aliphatic carbocycles. The van der Waals surface area contributed by atoms with E-state index in [0.29, 0.717) is 5.75 Å². The minimum atomic E-state index is -0.367. The van der Waals surface area contributed by atoms with Gasteiger partial charge in [-0.25, -0.2) is 5.43 Å². The van der Waals surface area contributed by atoms with Crippen LogP contribution in [0.5, 0.6) is 5.75 Å². The Bertz CT molecular complexity index is 755. The summed E-state index contributed by atoms with van der Waals surface area (Å²) in [6.07, 6.45) is 1.54. The van der Waals surface area contributed by atoms with Crippen LogP contribution in [-0.4, -0.2) is 23.3 Å². The molecule has 0 aliphatic rings. The van der Waals surface area contributed by atoms with Crippen molar-refractivity contribution >= 4 is 29.9 Å². The van der Waals surface area contributed by atoms with Gasteiger partial charge in [0.25, 0.3) is 5.91 Å². The Morgan fingerprint density at radius 2 is 1.76 bits per heavy atom. The summed E-state index contributed by atoms with van der Waals surface area (Å²) >= 11 is 1.48. The summed E-state index contributed by atoms with van der Waals surface area (Å²) in [5.74, 6) is -0.0658. The molecular formula is C19H20N2O3S. The second-order valence-corrected chi connectivity index (χ2v) is 6.88. The molecule has 1 atom stereocenters. The Morgan fingerprint density at radius 1 is 1.12 bits per heavy atom. The zero-order valence-electron chi connectivity index (χ0n) is 14.4. The summed E-state index contributed by atoms with van der Waals surface area (Å²) in [6, 6.07) is 14.9. The number of carbonyl (C=O) groups excluding carboxylic acids is 2. The number of hydrazone groups is 1. The average molecular weight is 356 g/mol. The number of carbonyl (C=O) groups is 2. The maximum atomic E-state index is 12.1. The van der Waals surface area contributed by atoms with E-state index >= 15 is 0 Å². The van der Waals surface area contributed by atoms with E-state index in [1.54, 1.807) is 30.5 Å². The number of thioether (sulfide) groups is 1. The zero-order chi connectivity index (χ0) is 18.2. The van der Waals surface area contributed by atoms with Crippen molar-refractivity contribution in [1.82, 2.24) is 5.43 Å². The van der Waals surface area contributed by atoms with Gasteiger partial charge in [0, 0.05) is 11.8 Å². The lowest BCUT2D eigenvalue weighted by Gasteiger charge is -2.09. The molecule has 25 heavy (non-hydrogen) atoms. The zero-order valence-corrected chi connectivity index (χ0v) is 15.2. The van der Waals surface area contributed by atoms with Crippen LogP contribution in [0.2, 0.25) is 0 Å². The fourth-order valence-electron chi connectivity index (χ4n) is 1.92. The second kappa shape index (κ2) is 9.03. The highest BCUT2D eigenvalue weighted by Crippen LogP contribution is 2.23. The molecule has 5 nitrogen and oxygen atoms in total. The number of esters is 1. The third kappa shape index (κ3) is 6.43. The summed E-state index contributed by atoms with van der Waals surface area (Å²) < 4.78 is 4.95. The van der Waals surface area contributed by atoms with Gasteiger partial charge < -0.3 is 4.74 Å². The van der Waals surface area contributed by atoms with Crippen LogP contribution in [0, 0.1) is 6.92 Å². The van der Waals surface area contributed by atoms with E-state index in [1.165, 1.54) is 24.2 Å². The Labute approximate surface area is 151 Å². The second-order valence-electron chi connectivity index (χ2n) is 5.47. The molecule has 0 heterocycles. The monoisotopic (exact) mass is 356 g/mol. The van der Waals surface area contributed by atoms with Crippen molar-refractivity contribution in [2.24, 2.45) is 5.10 Å². The molecule has 2 aromatic carbocycles. The molecule has 0 fully saturated rings. The third-order valence-corrected chi connectivity index (χ3v) is 4.35. The van der Waals surface area contributed by atoms with Crippen molar-refractivity contribution < 1.29 is 14.3 Å². The van der Waals surface area contributed by atoms with Gasteiger partial charge in [-0.3, -0.25) is 9.59 Å². The van der Waals surface area contributed by atoms with Gasteiger partial charge in [0.15, 0.2) is 0 Å². The Hall–Kier alpha value is -2.60. The van der Waals surface area contributed by atoms with Crippen LogP contribution < -0.4 is 10.2 Å². The number of benzene rings is 2. The smallest absolute Gasteiger partial charge is 0.308 e. The standard InChI is InChI=1S/C19H20N2O3S/c1-13-4-10-18(11-5-13)25-14(2)19(23)21-20-12-16-6-8-17(9-7-16)24-15(3)22/h4-12,14H,1-3H3,(H,21,23)/b20-12-/t14-/m0/s1. The largest absolute Gasteiger partial charge is 0.427 e. The van der Waals surface area contributed by atoms with Crippen LogP contribution in [0.3, 0.4) is 0 Å². The highest BCUT2D eigenvalue weighted by Gasteiger charge is 2.13. The predicted molar refractivity (Wildman–Crippen MR) is 100.0 cm³/mol. The molecule has 0 aliphatic heterocycles. The van der Waals surface area contributed by atoms with Gasteiger partial charge in [-0.05, 0) is 55.8 Å². The van der Waals surface area contributed by atoms with Crippen LogP contribution in [0.15, 0.2) is 58.5 Å². The number of amides is 1. The number of nitrogens with one attached hydrogen (secondary N) is 1. The molecule has 1 amide bonds. The molecule has 6 heteroatoms. The van der Waals surface area contributed by atoms with Gasteiger partial charge in [-0.1, -0.05) is 17.7 Å². The van der Waals surface area contributed by atoms with Crippen LogP contribution in [-0.2, 0) is 9.59 Å². The maximum Gasteiger partial charge on any atom is 0.308 e. The van der Waals surface area contributed by atoms with Crippen molar-refractivity contribution in [3.63, 3.8) is 0 Å². The first-order chi connectivity index (χ1) is 11.9. The van der Waals surface area contributed by atoms with Crippen LogP contribution >= 0.6 is 11.8 Å². The summed E-state index contributed by atoms with van der Waals surface area (Å²) in [7, 11) is 0. The number of rotatable bonds is 6. The lowest BCUT2D eigenvalue weighted by atomic mass is 10.2. The van der Waals surface area contributed by atoms with Gasteiger partial charge in [-0.2, -0.15) is 5.10 Å². The number of ether oxygens (including phenoxy) is 1. The summed E-state index contributed by atoms with van der Waals surface area (Å²) in [5, 5.41) is 3.71. The molecule has 0 saturated heterocycles. The molecule has 2 rings (SSSR count). The number of aryl methyl sites for hydroxylation is 1. The normalized spacial score (nSPS) is 12.0. The van der Waals surface area contributed by atoms with Crippen molar-refractivity contribution in [1.29, 1.82) is 0 Å². The maximum absolute atomic E-state index is 12.1. The molecule has 0 unspecified atom stereocenters. The molecule has 0 spiro atoms. The molecule has 0 radical (unpaired) electrons. The SMILES string of the molecule is CC(=O)Oc1ccc(/C=N\NC(=O)[C@H](C)Sc2ccc(C)cc2)cc1. The lowest BCUT2D eigenvalue weighted by Crippen LogP contribution is -2.26. The summed E-state index contributed by atoms with van der Waals surface area (Å²) in [5.41, 5.74) is 4.51. The minimum absolute atomic E-state index is 0.168. The predicted octanol–water partition coefficient (Wildman–Crippen LogP) is 3.55. The van der Waals surface area contributed by atoms with E-state index in [0.717, 1.165) is 10.5 Å². The van der Waals surface area contributed by atoms with Gasteiger partial charge in [0.2, 0.25) is 0 Å². The van der Waals surface area contributed by atoms with E-state index in [9.17, 15) is 9.59 Å². The van der Waals surface area contributed by atoms with Crippen molar-refractivity contribution in [3.8, 4) is 5.75 Å². The van der Waals surface area contributed by atoms with Crippen LogP contribution in [0.4, 0.5) is 0 Å². The molecule has 130 valence electrons. The quantitative estimate of drug-likeness (QED) is 0.283. The first kappa shape index (κ1) is 18.7. The van der Waals surface area contributed by atoms with E-state index in [1.807, 2.05) is 38.1 Å². The average Bonchev–Trinajstić information content (AvgIpc) is 2.58. The summed E-state index contributed by atoms with van der Waals surface area (Å²) in [4.78, 5) is 24.0. The van der Waals surface area contributed by atoms with Gasteiger partial charge in [0.05, 0.1) is 11.5 Å². The van der Waals surface area contributed by atoms with E-state index in [-0.39, 0.29) is 17.1 Å². The lowest BCUT2D eigenvalue weighted by molar-refractivity contribution is -0.131. The topological polar surface area (TPSA) is 67.8 Å². The van der Waals surface area contributed by atoms with Gasteiger partial charge in [0.1, 0.15) is 5.75 Å². The van der Waals surface area contributed by atoms with Crippen molar-refractivity contribution in [3.05, 3.63) is 59.7 Å². The molecule has 0 saturated carbocycles. The number of hydrogen-bond acceptors (Lipinski definition) is 5. The fourth-order valence-corrected chi connectivity index (χ4v) is 2.78. The highest BCUT2D eigenvalue weighted by molar-refractivity contribution is 8.00. The van der Waals surface area contributed by atoms with Crippen molar-refractivity contribution in [2.45, 2.75) is 30.9 Å². The molecular weight excluding hydrogens is 336 g/mol. The Kier molecular flexibility index (Phi) is 6.77. The first-order valence-corrected chi connectivity index (χ1v) is 8.67. The first-order valence-electron chi connectivity index (χ1n) is 7.79. The number of hydrogen-bond donors (Lipinski definition) is 1. The summed E-state index contributed by atoms with van der Waals surface area (Å²) in [6.45, 7) is 5.21. The van der Waals surface area contributed by atoms with E-state index in [2.05, 4.69) is 10.5 Å². The Morgan fingerprint density at radius 3 is 2.36 bits per heavy atom. The molecule has 2 aromatic rings. The van der Waals surface area contributed by atoms with Crippen LogP contribution in [0.25, 0.3) is 0 Å². The molecule has 1 N–H and O–H groups in total. The van der Waals surface area contributed by atoms with Crippen molar-refractivity contribution in [2.75, 3.05) is 0 Å². The molecule has 0 aromatic heterocycles. The minimum Gasteiger partial charge on any atom is -0.427 e. The van der Waals surface area contributed by atoms with E-state index in [4.69, 9.17) is 4.74 Å². The van der Waals surface area contributed by atoms with Gasteiger partial charge in [-0.15, -0.1) is 11.8 Å². The van der Waals surface area contributed by atoms with Crippen LogP contribution in [0.1, 0.15) is 25.0 Å². The number of nitrogens with zero attached hydrogens (tertiary/aromatic N) is 1. The highest BCUT2D eigenvalue weighted by atomic mass is 32.2. The molecule has 0 bridgehead atoms. The Balaban J connectivity index is 1.84. The van der Waals surface area contributed by atoms with Gasteiger partial charge >= 0.3 is 5.97 Å². The third-order valence-electron chi connectivity index (χ3n) is 3.23.